The molecule has 172 valence electrons. The highest BCUT2D eigenvalue weighted by molar-refractivity contribution is 5.94. The Morgan fingerprint density at radius 2 is 1.53 bits per heavy atom. The molecule has 0 aliphatic rings. The van der Waals surface area contributed by atoms with Crippen molar-refractivity contribution in [2.24, 2.45) is 17.2 Å². The molecule has 0 rings (SSSR count). The van der Waals surface area contributed by atoms with Crippen LogP contribution in [0.1, 0.15) is 39.5 Å². The van der Waals surface area contributed by atoms with Gasteiger partial charge >= 0.3 is 5.97 Å². The molecular weight excluding hydrogens is 400 g/mol. The molecule has 0 aromatic rings. The molecule has 0 spiro atoms. The van der Waals surface area contributed by atoms with Crippen molar-refractivity contribution in [3.05, 3.63) is 0 Å². The number of rotatable bonds is 14. The molecule has 0 saturated heterocycles. The summed E-state index contributed by atoms with van der Waals surface area (Å²) in [6.45, 7) is 2.90. The molecule has 4 amide bonds. The fraction of sp³-hybridized carbons (Fsp3) is 0.706. The van der Waals surface area contributed by atoms with Crippen molar-refractivity contribution in [3.63, 3.8) is 0 Å². The number of carbonyl (C=O) groups excluding carboxylic acids is 4. The van der Waals surface area contributed by atoms with Crippen molar-refractivity contribution in [2.75, 3.05) is 6.54 Å². The van der Waals surface area contributed by atoms with Crippen LogP contribution in [-0.4, -0.2) is 76.6 Å². The molecule has 0 saturated carbocycles. The van der Waals surface area contributed by atoms with E-state index in [-0.39, 0.29) is 6.42 Å². The van der Waals surface area contributed by atoms with Crippen molar-refractivity contribution in [1.82, 2.24) is 16.0 Å². The van der Waals surface area contributed by atoms with Gasteiger partial charge in [0.15, 0.2) is 6.04 Å². The molecule has 0 fully saturated rings. The summed E-state index contributed by atoms with van der Waals surface area (Å²) < 4.78 is 0. The zero-order chi connectivity index (χ0) is 23.4. The standard InChI is InChI=1S/C17H32N6O7/c1-8(21-15(27)10(19)7-12(20)25)14(26)22-11(5-3-4-6-18)16(28)23-13(9(2)24)17(29)30/h8-11,13,24H,3-7,18-19H2,1-2H3,(H2,20,25)(H,21,27)(H,22,26)(H,23,28)(H,29,30). The number of aliphatic hydroxyl groups excluding tert-OH is 1. The molecule has 0 aliphatic carbocycles. The SMILES string of the molecule is CC(NC(=O)C(N)CC(N)=O)C(=O)NC(CCCCN)C(=O)NC(C(=O)O)C(C)O. The minimum Gasteiger partial charge on any atom is -0.480 e. The fourth-order valence-corrected chi connectivity index (χ4v) is 2.40. The van der Waals surface area contributed by atoms with Gasteiger partial charge in [-0.05, 0) is 39.7 Å². The van der Waals surface area contributed by atoms with E-state index in [0.717, 1.165) is 0 Å². The van der Waals surface area contributed by atoms with Gasteiger partial charge in [-0.1, -0.05) is 0 Å². The molecule has 0 aromatic heterocycles. The lowest BCUT2D eigenvalue weighted by Gasteiger charge is -2.24. The molecule has 30 heavy (non-hydrogen) atoms. The van der Waals surface area contributed by atoms with E-state index in [1.165, 1.54) is 13.8 Å². The molecule has 5 unspecified atom stereocenters. The number of hydrogen-bond acceptors (Lipinski definition) is 8. The van der Waals surface area contributed by atoms with Gasteiger partial charge in [-0.15, -0.1) is 0 Å². The highest BCUT2D eigenvalue weighted by Crippen LogP contribution is 2.04. The summed E-state index contributed by atoms with van der Waals surface area (Å²) in [5.74, 6) is -4.53. The summed E-state index contributed by atoms with van der Waals surface area (Å²) >= 11 is 0. The number of hydrogen-bond donors (Lipinski definition) is 8. The number of unbranched alkanes of at least 4 members (excludes halogenated alkanes) is 1. The summed E-state index contributed by atoms with van der Waals surface area (Å²) in [5, 5.41) is 25.5. The summed E-state index contributed by atoms with van der Waals surface area (Å²) in [7, 11) is 0. The lowest BCUT2D eigenvalue weighted by Crippen LogP contribution is -2.57. The van der Waals surface area contributed by atoms with E-state index < -0.39 is 66.3 Å². The van der Waals surface area contributed by atoms with E-state index in [1.807, 2.05) is 0 Å². The Labute approximate surface area is 174 Å². The third kappa shape index (κ3) is 10.1. The molecule has 13 heteroatoms. The predicted octanol–water partition coefficient (Wildman–Crippen LogP) is -3.74. The number of carboxylic acids is 1. The highest BCUT2D eigenvalue weighted by atomic mass is 16.4. The van der Waals surface area contributed by atoms with Gasteiger partial charge in [-0.2, -0.15) is 0 Å². The first-order chi connectivity index (χ1) is 13.9. The van der Waals surface area contributed by atoms with E-state index in [0.29, 0.717) is 19.4 Å². The minimum absolute atomic E-state index is 0.156. The monoisotopic (exact) mass is 432 g/mol. The number of aliphatic hydroxyl groups is 1. The number of aliphatic carboxylic acids is 1. The number of nitrogens with two attached hydrogens (primary N) is 3. The van der Waals surface area contributed by atoms with Crippen LogP contribution in [-0.2, 0) is 24.0 Å². The van der Waals surface area contributed by atoms with Gasteiger partial charge in [0.2, 0.25) is 23.6 Å². The van der Waals surface area contributed by atoms with Crippen LogP contribution in [0, 0.1) is 0 Å². The van der Waals surface area contributed by atoms with Crippen LogP contribution in [0.5, 0.6) is 0 Å². The zero-order valence-electron chi connectivity index (χ0n) is 17.1. The molecule has 0 aliphatic heterocycles. The molecule has 0 radical (unpaired) electrons. The zero-order valence-corrected chi connectivity index (χ0v) is 17.1. The van der Waals surface area contributed by atoms with Gasteiger partial charge in [0, 0.05) is 0 Å². The van der Waals surface area contributed by atoms with Crippen molar-refractivity contribution >= 4 is 29.6 Å². The first-order valence-corrected chi connectivity index (χ1v) is 9.46. The Hall–Kier alpha value is -2.77. The number of carbonyl (C=O) groups is 5. The second-order valence-corrected chi connectivity index (χ2v) is 6.92. The van der Waals surface area contributed by atoms with Crippen LogP contribution in [0.25, 0.3) is 0 Å². The Morgan fingerprint density at radius 1 is 0.933 bits per heavy atom. The maximum Gasteiger partial charge on any atom is 0.328 e. The maximum absolute atomic E-state index is 12.5. The van der Waals surface area contributed by atoms with Crippen molar-refractivity contribution < 1.29 is 34.2 Å². The van der Waals surface area contributed by atoms with Crippen LogP contribution >= 0.6 is 0 Å². The van der Waals surface area contributed by atoms with E-state index in [2.05, 4.69) is 16.0 Å². The summed E-state index contributed by atoms with van der Waals surface area (Å²) in [5.41, 5.74) is 15.9. The maximum atomic E-state index is 12.5. The van der Waals surface area contributed by atoms with Crippen LogP contribution in [0.2, 0.25) is 0 Å². The van der Waals surface area contributed by atoms with Gasteiger partial charge in [0.1, 0.15) is 12.1 Å². The van der Waals surface area contributed by atoms with Gasteiger partial charge < -0.3 is 43.4 Å². The fourth-order valence-electron chi connectivity index (χ4n) is 2.40. The second-order valence-electron chi connectivity index (χ2n) is 6.92. The van der Waals surface area contributed by atoms with Crippen LogP contribution in [0.15, 0.2) is 0 Å². The number of carboxylic acid groups (broad SMARTS) is 1. The minimum atomic E-state index is -1.56. The number of primary amides is 1. The second kappa shape index (κ2) is 13.5. The third-order valence-electron chi connectivity index (χ3n) is 4.14. The predicted molar refractivity (Wildman–Crippen MR) is 105 cm³/mol. The third-order valence-corrected chi connectivity index (χ3v) is 4.14. The molecule has 0 aromatic carbocycles. The average Bonchev–Trinajstić information content (AvgIpc) is 2.63. The lowest BCUT2D eigenvalue weighted by atomic mass is 10.1. The van der Waals surface area contributed by atoms with E-state index in [9.17, 15) is 29.1 Å². The smallest absolute Gasteiger partial charge is 0.328 e. The Balaban J connectivity index is 5.10. The van der Waals surface area contributed by atoms with Crippen LogP contribution < -0.4 is 33.2 Å². The summed E-state index contributed by atoms with van der Waals surface area (Å²) in [6, 6.07) is -5.02. The Morgan fingerprint density at radius 3 is 2.00 bits per heavy atom. The van der Waals surface area contributed by atoms with Gasteiger partial charge in [0.05, 0.1) is 18.6 Å². The first kappa shape index (κ1) is 27.2. The quantitative estimate of drug-likeness (QED) is 0.126. The average molecular weight is 432 g/mol. The first-order valence-electron chi connectivity index (χ1n) is 9.46. The largest absolute Gasteiger partial charge is 0.480 e. The molecule has 0 bridgehead atoms. The van der Waals surface area contributed by atoms with E-state index >= 15 is 0 Å². The van der Waals surface area contributed by atoms with Gasteiger partial charge in [0.25, 0.3) is 0 Å². The van der Waals surface area contributed by atoms with Crippen molar-refractivity contribution in [1.29, 1.82) is 0 Å². The van der Waals surface area contributed by atoms with Gasteiger partial charge in [-0.3, -0.25) is 19.2 Å². The normalized spacial score (nSPS) is 15.8. The van der Waals surface area contributed by atoms with Crippen LogP contribution in [0.4, 0.5) is 0 Å². The molecule has 13 nitrogen and oxygen atoms in total. The number of amides is 4. The van der Waals surface area contributed by atoms with E-state index in [1.54, 1.807) is 0 Å². The van der Waals surface area contributed by atoms with Crippen LogP contribution in [0.3, 0.4) is 0 Å². The number of nitrogens with one attached hydrogen (secondary N) is 3. The summed E-state index contributed by atoms with van der Waals surface area (Å²) in [4.78, 5) is 58.8. The summed E-state index contributed by atoms with van der Waals surface area (Å²) in [6.07, 6.45) is -0.585. The van der Waals surface area contributed by atoms with Crippen molar-refractivity contribution in [3.8, 4) is 0 Å². The Kier molecular flexibility index (Phi) is 12.2. The lowest BCUT2D eigenvalue weighted by molar-refractivity contribution is -0.145. The molecule has 0 heterocycles. The molecule has 11 N–H and O–H groups in total. The Bertz CT molecular complexity index is 628. The van der Waals surface area contributed by atoms with Crippen molar-refractivity contribution in [2.45, 2.75) is 69.8 Å². The topological polar surface area (TPSA) is 240 Å². The highest BCUT2D eigenvalue weighted by Gasteiger charge is 2.30. The molecule has 5 atom stereocenters. The molecular formula is C17H32N6O7. The van der Waals surface area contributed by atoms with E-state index in [4.69, 9.17) is 22.3 Å². The van der Waals surface area contributed by atoms with Gasteiger partial charge in [-0.25, -0.2) is 4.79 Å².